The van der Waals surface area contributed by atoms with Gasteiger partial charge in [-0.1, -0.05) is 12.2 Å². The first-order valence-corrected chi connectivity index (χ1v) is 9.06. The molecule has 1 aliphatic heterocycles. The van der Waals surface area contributed by atoms with Crippen LogP contribution in [0.15, 0.2) is 23.3 Å². The number of hydrogen-bond donors (Lipinski definition) is 2. The van der Waals surface area contributed by atoms with Gasteiger partial charge in [-0.2, -0.15) is 0 Å². The van der Waals surface area contributed by atoms with Gasteiger partial charge in [0.15, 0.2) is 0 Å². The lowest BCUT2D eigenvalue weighted by molar-refractivity contribution is -0.136. The maximum atomic E-state index is 13.0. The summed E-state index contributed by atoms with van der Waals surface area (Å²) in [6.07, 6.45) is 12.2. The first-order chi connectivity index (χ1) is 10.7. The molecule has 0 aromatic heterocycles. The van der Waals surface area contributed by atoms with Gasteiger partial charge < -0.3 is 10.4 Å². The molecule has 4 atom stereocenters. The third-order valence-corrected chi connectivity index (χ3v) is 7.18. The Morgan fingerprint density at radius 3 is 2.95 bits per heavy atom. The Hall–Kier alpha value is -0.930. The second-order valence-electron chi connectivity index (χ2n) is 8.11. The van der Waals surface area contributed by atoms with Crippen LogP contribution in [0.3, 0.4) is 0 Å². The van der Waals surface area contributed by atoms with Crippen LogP contribution in [0.5, 0.6) is 0 Å². The predicted octanol–water partition coefficient (Wildman–Crippen LogP) is 2.51. The molecule has 1 unspecified atom stereocenters. The highest BCUT2D eigenvalue weighted by molar-refractivity contribution is 5.91. The van der Waals surface area contributed by atoms with E-state index in [-0.39, 0.29) is 5.41 Å². The predicted molar refractivity (Wildman–Crippen MR) is 84.3 cm³/mol. The maximum absolute atomic E-state index is 13.0. The zero-order valence-corrected chi connectivity index (χ0v) is 13.1. The molecular formula is C19H25NO2. The normalized spacial score (nSPS) is 47.2. The number of allylic oxidation sites excluding steroid dienone is 2. The lowest BCUT2D eigenvalue weighted by atomic mass is 9.50. The second-order valence-corrected chi connectivity index (χ2v) is 8.11. The molecule has 118 valence electrons. The Kier molecular flexibility index (Phi) is 2.66. The zero-order chi connectivity index (χ0) is 14.9. The molecule has 5 rings (SSSR count). The summed E-state index contributed by atoms with van der Waals surface area (Å²) in [5.74, 6) is 1.33. The quantitative estimate of drug-likeness (QED) is 0.782. The molecule has 0 aromatic rings. The van der Waals surface area contributed by atoms with Gasteiger partial charge in [-0.3, -0.25) is 4.79 Å². The summed E-state index contributed by atoms with van der Waals surface area (Å²) in [5, 5.41) is 15.1. The fraction of sp³-hybridized carbons (Fsp3) is 0.737. The highest BCUT2D eigenvalue weighted by Crippen LogP contribution is 2.60. The Balaban J connectivity index is 1.72. The van der Waals surface area contributed by atoms with E-state index in [0.29, 0.717) is 23.7 Å². The Labute approximate surface area is 131 Å². The first-order valence-electron chi connectivity index (χ1n) is 9.06. The number of ketones is 1. The van der Waals surface area contributed by atoms with Crippen LogP contribution in [0.2, 0.25) is 0 Å². The molecule has 1 heterocycles. The minimum Gasteiger partial charge on any atom is -0.385 e. The van der Waals surface area contributed by atoms with Gasteiger partial charge in [0.1, 0.15) is 5.78 Å². The van der Waals surface area contributed by atoms with Crippen LogP contribution >= 0.6 is 0 Å². The van der Waals surface area contributed by atoms with E-state index in [4.69, 9.17) is 0 Å². The number of hydrogen-bond acceptors (Lipinski definition) is 3. The van der Waals surface area contributed by atoms with Crippen molar-refractivity contribution in [3.05, 3.63) is 23.3 Å². The van der Waals surface area contributed by atoms with Crippen molar-refractivity contribution >= 4 is 5.78 Å². The second kappa shape index (κ2) is 4.33. The molecule has 4 aliphatic carbocycles. The summed E-state index contributed by atoms with van der Waals surface area (Å²) in [5.41, 5.74) is 1.53. The van der Waals surface area contributed by atoms with E-state index < -0.39 is 5.60 Å². The molecule has 5 aliphatic rings. The van der Waals surface area contributed by atoms with Crippen LogP contribution in [0, 0.1) is 17.3 Å². The van der Waals surface area contributed by atoms with Crippen molar-refractivity contribution in [2.45, 2.75) is 63.0 Å². The van der Waals surface area contributed by atoms with Crippen LogP contribution < -0.4 is 5.32 Å². The van der Waals surface area contributed by atoms with Gasteiger partial charge in [0.2, 0.25) is 0 Å². The molecule has 22 heavy (non-hydrogen) atoms. The van der Waals surface area contributed by atoms with E-state index >= 15 is 0 Å². The summed E-state index contributed by atoms with van der Waals surface area (Å²) in [4.78, 5) is 13.0. The number of rotatable bonds is 1. The van der Waals surface area contributed by atoms with Crippen LogP contribution in [0.4, 0.5) is 0 Å². The van der Waals surface area contributed by atoms with Crippen molar-refractivity contribution in [2.75, 3.05) is 6.54 Å². The summed E-state index contributed by atoms with van der Waals surface area (Å²) < 4.78 is 0. The molecule has 2 saturated carbocycles. The van der Waals surface area contributed by atoms with E-state index in [1.165, 1.54) is 11.1 Å². The van der Waals surface area contributed by atoms with Gasteiger partial charge in [0.05, 0.1) is 11.0 Å². The van der Waals surface area contributed by atoms with Crippen molar-refractivity contribution in [1.29, 1.82) is 0 Å². The standard InChI is InChI=1S/C19H25NO2/c21-17-5-1-3-14-16-11-15-13(18(14,17)9-10-20-16)4-2-8-19(15,22)12-6-7-12/h2,4,12,14,16,20,22H,1,3,5-11H2/t14-,16+,18+,19?/m0/s1. The van der Waals surface area contributed by atoms with Gasteiger partial charge in [-0.15, -0.1) is 0 Å². The minimum absolute atomic E-state index is 0.276. The molecule has 2 bridgehead atoms. The smallest absolute Gasteiger partial charge is 0.143 e. The van der Waals surface area contributed by atoms with Crippen molar-refractivity contribution in [1.82, 2.24) is 5.32 Å². The van der Waals surface area contributed by atoms with E-state index in [2.05, 4.69) is 17.5 Å². The monoisotopic (exact) mass is 299 g/mol. The molecular weight excluding hydrogens is 274 g/mol. The fourth-order valence-electron chi connectivity index (χ4n) is 6.04. The topological polar surface area (TPSA) is 49.3 Å². The first kappa shape index (κ1) is 13.5. The molecule has 0 radical (unpaired) electrons. The van der Waals surface area contributed by atoms with Gasteiger partial charge in [-0.05, 0) is 74.5 Å². The molecule has 0 spiro atoms. The third-order valence-electron chi connectivity index (χ3n) is 7.18. The maximum Gasteiger partial charge on any atom is 0.143 e. The molecule has 2 N–H and O–H groups in total. The Morgan fingerprint density at radius 2 is 2.14 bits per heavy atom. The van der Waals surface area contributed by atoms with E-state index in [9.17, 15) is 9.90 Å². The Morgan fingerprint density at radius 1 is 1.27 bits per heavy atom. The Bertz CT molecular complexity index is 603. The van der Waals surface area contributed by atoms with Crippen LogP contribution in [-0.2, 0) is 4.79 Å². The summed E-state index contributed by atoms with van der Waals surface area (Å²) in [6.45, 7) is 0.944. The highest BCUT2D eigenvalue weighted by Gasteiger charge is 2.60. The van der Waals surface area contributed by atoms with Crippen LogP contribution in [-0.4, -0.2) is 29.1 Å². The highest BCUT2D eigenvalue weighted by atomic mass is 16.3. The number of nitrogens with one attached hydrogen (secondary N) is 1. The van der Waals surface area contributed by atoms with Crippen molar-refractivity contribution in [3.63, 3.8) is 0 Å². The van der Waals surface area contributed by atoms with Crippen molar-refractivity contribution in [2.24, 2.45) is 17.3 Å². The molecule has 3 nitrogen and oxygen atoms in total. The van der Waals surface area contributed by atoms with Gasteiger partial charge in [-0.25, -0.2) is 0 Å². The zero-order valence-electron chi connectivity index (χ0n) is 13.1. The van der Waals surface area contributed by atoms with Crippen LogP contribution in [0.1, 0.15) is 51.4 Å². The SMILES string of the molecule is O=C1CCC[C@H]2[C@H]3CC4=C(C=CCC4(O)C4CC4)[C@@]12CCN3. The molecule has 0 aromatic carbocycles. The van der Waals surface area contributed by atoms with Crippen molar-refractivity contribution < 1.29 is 9.90 Å². The number of carbonyl (C=O) groups excluding carboxylic acids is 1. The molecule has 1 saturated heterocycles. The average molecular weight is 299 g/mol. The molecule has 0 amide bonds. The lowest BCUT2D eigenvalue weighted by Crippen LogP contribution is -2.62. The number of piperidine rings is 1. The van der Waals surface area contributed by atoms with Gasteiger partial charge in [0.25, 0.3) is 0 Å². The molecule has 3 heteroatoms. The van der Waals surface area contributed by atoms with E-state index in [1.54, 1.807) is 0 Å². The fourth-order valence-corrected chi connectivity index (χ4v) is 6.04. The largest absolute Gasteiger partial charge is 0.385 e. The average Bonchev–Trinajstić information content (AvgIpc) is 3.34. The number of aliphatic hydroxyl groups is 1. The minimum atomic E-state index is -0.656. The van der Waals surface area contributed by atoms with Crippen LogP contribution in [0.25, 0.3) is 0 Å². The third kappa shape index (κ3) is 1.52. The van der Waals surface area contributed by atoms with Crippen molar-refractivity contribution in [3.8, 4) is 0 Å². The summed E-state index contributed by atoms with van der Waals surface area (Å²) >= 11 is 0. The van der Waals surface area contributed by atoms with Gasteiger partial charge >= 0.3 is 0 Å². The van der Waals surface area contributed by atoms with E-state index in [1.807, 2.05) is 0 Å². The summed E-state index contributed by atoms with van der Waals surface area (Å²) in [6, 6.07) is 0.397. The van der Waals surface area contributed by atoms with E-state index in [0.717, 1.165) is 57.9 Å². The number of Topliss-reactive ketones (excluding diaryl/α,β-unsaturated/α-hetero) is 1. The number of carbonyl (C=O) groups is 1. The lowest BCUT2D eigenvalue weighted by Gasteiger charge is -2.57. The van der Waals surface area contributed by atoms with Gasteiger partial charge in [0, 0.05) is 12.5 Å². The summed E-state index contributed by atoms with van der Waals surface area (Å²) in [7, 11) is 0. The molecule has 3 fully saturated rings.